The maximum absolute atomic E-state index is 10.8. The lowest BCUT2D eigenvalue weighted by molar-refractivity contribution is -0.117. The lowest BCUT2D eigenvalue weighted by Crippen LogP contribution is -2.32. The van der Waals surface area contributed by atoms with Gasteiger partial charge in [-0.3, -0.25) is 4.79 Å². The summed E-state index contributed by atoms with van der Waals surface area (Å²) < 4.78 is 8.25. The monoisotopic (exact) mass is 252 g/mol. The van der Waals surface area contributed by atoms with Crippen molar-refractivity contribution >= 4 is 51.7 Å². The molecule has 0 radical (unpaired) electrons. The van der Waals surface area contributed by atoms with Crippen molar-refractivity contribution in [2.75, 3.05) is 5.32 Å². The molecule has 0 bridgehead atoms. The third-order valence-corrected chi connectivity index (χ3v) is 2.57. The SMILES string of the molecule is CC(=O)NC(=S)Nc1cccc2nsnc12. The highest BCUT2D eigenvalue weighted by Crippen LogP contribution is 2.20. The summed E-state index contributed by atoms with van der Waals surface area (Å²) in [5.41, 5.74) is 2.30. The van der Waals surface area contributed by atoms with E-state index < -0.39 is 0 Å². The second-order valence-electron chi connectivity index (χ2n) is 3.07. The van der Waals surface area contributed by atoms with Gasteiger partial charge in [-0.2, -0.15) is 8.75 Å². The number of benzene rings is 1. The molecule has 5 nitrogen and oxygen atoms in total. The molecule has 0 spiro atoms. The van der Waals surface area contributed by atoms with Crippen molar-refractivity contribution in [1.29, 1.82) is 0 Å². The van der Waals surface area contributed by atoms with Crippen LogP contribution in [0.15, 0.2) is 18.2 Å². The lowest BCUT2D eigenvalue weighted by atomic mass is 10.2. The zero-order chi connectivity index (χ0) is 11.5. The van der Waals surface area contributed by atoms with Crippen LogP contribution in [0.5, 0.6) is 0 Å². The van der Waals surface area contributed by atoms with E-state index in [4.69, 9.17) is 12.2 Å². The van der Waals surface area contributed by atoms with Crippen molar-refractivity contribution in [3.8, 4) is 0 Å². The molecule has 0 saturated heterocycles. The van der Waals surface area contributed by atoms with Crippen molar-refractivity contribution in [3.05, 3.63) is 18.2 Å². The number of fused-ring (bicyclic) bond motifs is 1. The van der Waals surface area contributed by atoms with E-state index >= 15 is 0 Å². The van der Waals surface area contributed by atoms with Crippen molar-refractivity contribution < 1.29 is 4.79 Å². The van der Waals surface area contributed by atoms with E-state index in [9.17, 15) is 4.79 Å². The number of nitrogens with zero attached hydrogens (tertiary/aromatic N) is 2. The molecular weight excluding hydrogens is 244 g/mol. The molecule has 0 unspecified atom stereocenters. The number of aromatic nitrogens is 2. The van der Waals surface area contributed by atoms with Gasteiger partial charge in [0.1, 0.15) is 11.0 Å². The van der Waals surface area contributed by atoms with Crippen LogP contribution >= 0.6 is 23.9 Å². The highest BCUT2D eigenvalue weighted by atomic mass is 32.1. The van der Waals surface area contributed by atoms with Crippen LogP contribution in [-0.2, 0) is 4.79 Å². The van der Waals surface area contributed by atoms with Gasteiger partial charge >= 0.3 is 0 Å². The Kier molecular flexibility index (Phi) is 3.07. The molecule has 0 saturated carbocycles. The van der Waals surface area contributed by atoms with Gasteiger partial charge in [0.2, 0.25) is 5.91 Å². The summed E-state index contributed by atoms with van der Waals surface area (Å²) in [6.07, 6.45) is 0. The number of carbonyl (C=O) groups is 1. The molecule has 2 rings (SSSR count). The van der Waals surface area contributed by atoms with E-state index in [1.165, 1.54) is 6.92 Å². The van der Waals surface area contributed by atoms with Crippen molar-refractivity contribution in [2.45, 2.75) is 6.92 Å². The van der Waals surface area contributed by atoms with Gasteiger partial charge in [0.05, 0.1) is 17.4 Å². The molecule has 16 heavy (non-hydrogen) atoms. The number of nitrogens with one attached hydrogen (secondary N) is 2. The Bertz CT molecular complexity index is 551. The Hall–Kier alpha value is -1.60. The van der Waals surface area contributed by atoms with Gasteiger partial charge in [-0.1, -0.05) is 6.07 Å². The number of thiocarbonyl (C=S) groups is 1. The Balaban J connectivity index is 2.24. The topological polar surface area (TPSA) is 66.9 Å². The Morgan fingerprint density at radius 3 is 3.00 bits per heavy atom. The summed E-state index contributed by atoms with van der Waals surface area (Å²) in [7, 11) is 0. The van der Waals surface area contributed by atoms with Crippen LogP contribution in [0.2, 0.25) is 0 Å². The van der Waals surface area contributed by atoms with Gasteiger partial charge in [-0.15, -0.1) is 0 Å². The summed E-state index contributed by atoms with van der Waals surface area (Å²) in [6, 6.07) is 5.55. The van der Waals surface area contributed by atoms with Crippen LogP contribution in [0, 0.1) is 0 Å². The number of rotatable bonds is 1. The van der Waals surface area contributed by atoms with Gasteiger partial charge in [-0.25, -0.2) is 0 Å². The molecule has 1 amide bonds. The number of carbonyl (C=O) groups excluding carboxylic acids is 1. The molecule has 1 aromatic carbocycles. The predicted octanol–water partition coefficient (Wildman–Crippen LogP) is 1.52. The summed E-state index contributed by atoms with van der Waals surface area (Å²) in [5, 5.41) is 5.65. The minimum atomic E-state index is -0.207. The zero-order valence-corrected chi connectivity index (χ0v) is 9.98. The van der Waals surface area contributed by atoms with E-state index in [1.807, 2.05) is 18.2 Å². The van der Waals surface area contributed by atoms with Gasteiger partial charge in [0, 0.05) is 6.92 Å². The second kappa shape index (κ2) is 4.50. The Labute approximate surface area is 101 Å². The molecule has 2 aromatic rings. The fraction of sp³-hybridized carbons (Fsp3) is 0.111. The first kappa shape index (κ1) is 10.9. The first-order valence-corrected chi connectivity index (χ1v) is 5.60. The van der Waals surface area contributed by atoms with E-state index in [1.54, 1.807) is 0 Å². The molecule has 1 aromatic heterocycles. The molecule has 2 N–H and O–H groups in total. The Morgan fingerprint density at radius 2 is 2.25 bits per heavy atom. The minimum Gasteiger partial charge on any atom is -0.331 e. The molecule has 0 aliphatic carbocycles. The number of hydrogen-bond donors (Lipinski definition) is 2. The number of amides is 1. The standard InChI is InChI=1S/C9H8N4OS2/c1-5(14)10-9(15)11-6-3-2-4-7-8(6)13-16-12-7/h2-4H,1H3,(H2,10,11,14,15). The molecule has 0 aliphatic rings. The molecular formula is C9H8N4OS2. The summed E-state index contributed by atoms with van der Waals surface area (Å²) in [4.78, 5) is 10.8. The normalized spacial score (nSPS) is 10.1. The predicted molar refractivity (Wildman–Crippen MR) is 67.5 cm³/mol. The molecule has 0 atom stereocenters. The van der Waals surface area contributed by atoms with Crippen LogP contribution < -0.4 is 10.6 Å². The van der Waals surface area contributed by atoms with E-state index in [-0.39, 0.29) is 11.0 Å². The van der Waals surface area contributed by atoms with E-state index in [0.717, 1.165) is 28.4 Å². The zero-order valence-electron chi connectivity index (χ0n) is 8.35. The van der Waals surface area contributed by atoms with Crippen molar-refractivity contribution in [2.24, 2.45) is 0 Å². The highest BCUT2D eigenvalue weighted by molar-refractivity contribution is 7.80. The Morgan fingerprint density at radius 1 is 1.44 bits per heavy atom. The molecule has 1 heterocycles. The fourth-order valence-electron chi connectivity index (χ4n) is 1.22. The van der Waals surface area contributed by atoms with Crippen LogP contribution in [0.25, 0.3) is 11.0 Å². The van der Waals surface area contributed by atoms with Gasteiger partial charge in [-0.05, 0) is 24.4 Å². The first-order chi connectivity index (χ1) is 7.66. The smallest absolute Gasteiger partial charge is 0.222 e. The second-order valence-corrected chi connectivity index (χ2v) is 4.01. The van der Waals surface area contributed by atoms with Crippen molar-refractivity contribution in [3.63, 3.8) is 0 Å². The van der Waals surface area contributed by atoms with Gasteiger partial charge in [0.25, 0.3) is 0 Å². The van der Waals surface area contributed by atoms with Crippen LogP contribution in [0.4, 0.5) is 5.69 Å². The molecule has 7 heteroatoms. The molecule has 0 fully saturated rings. The highest BCUT2D eigenvalue weighted by Gasteiger charge is 2.06. The average molecular weight is 252 g/mol. The lowest BCUT2D eigenvalue weighted by Gasteiger charge is -2.07. The third kappa shape index (κ3) is 2.31. The van der Waals surface area contributed by atoms with Crippen LogP contribution in [0.1, 0.15) is 6.92 Å². The maximum Gasteiger partial charge on any atom is 0.222 e. The van der Waals surface area contributed by atoms with E-state index in [0.29, 0.717) is 0 Å². The summed E-state index contributed by atoms with van der Waals surface area (Å²) >= 11 is 6.10. The average Bonchev–Trinajstić information content (AvgIpc) is 2.65. The van der Waals surface area contributed by atoms with Crippen LogP contribution in [0.3, 0.4) is 0 Å². The fourth-order valence-corrected chi connectivity index (χ4v) is 2.02. The quantitative estimate of drug-likeness (QED) is 0.753. The number of anilines is 1. The largest absolute Gasteiger partial charge is 0.331 e. The summed E-state index contributed by atoms with van der Waals surface area (Å²) in [6.45, 7) is 1.40. The number of hydrogen-bond acceptors (Lipinski definition) is 5. The van der Waals surface area contributed by atoms with E-state index in [2.05, 4.69) is 19.4 Å². The van der Waals surface area contributed by atoms with Crippen molar-refractivity contribution in [1.82, 2.24) is 14.1 Å². The van der Waals surface area contributed by atoms with Crippen LogP contribution in [-0.4, -0.2) is 19.8 Å². The first-order valence-electron chi connectivity index (χ1n) is 4.46. The maximum atomic E-state index is 10.8. The third-order valence-electron chi connectivity index (χ3n) is 1.82. The minimum absolute atomic E-state index is 0.207. The van der Waals surface area contributed by atoms with Gasteiger partial charge in [0.15, 0.2) is 5.11 Å². The van der Waals surface area contributed by atoms with Gasteiger partial charge < -0.3 is 10.6 Å². The summed E-state index contributed by atoms with van der Waals surface area (Å²) in [5.74, 6) is -0.207. The molecule has 82 valence electrons. The molecule has 0 aliphatic heterocycles.